The van der Waals surface area contributed by atoms with Gasteiger partial charge in [0.2, 0.25) is 10.0 Å². The Hall–Kier alpha value is -1.70. The Bertz CT molecular complexity index is 621. The predicted octanol–water partition coefficient (Wildman–Crippen LogP) is 0.511. The molecule has 108 valence electrons. The molecule has 7 heteroatoms. The molecule has 0 atom stereocenters. The van der Waals surface area contributed by atoms with Gasteiger partial charge in [-0.25, -0.2) is 18.1 Å². The number of hydrogen-bond donors (Lipinski definition) is 2. The van der Waals surface area contributed by atoms with Crippen molar-refractivity contribution in [3.63, 3.8) is 0 Å². The van der Waals surface area contributed by atoms with Crippen molar-refractivity contribution < 1.29 is 8.42 Å². The van der Waals surface area contributed by atoms with Crippen LogP contribution in [0, 0.1) is 0 Å². The van der Waals surface area contributed by atoms with E-state index in [2.05, 4.69) is 15.0 Å². The van der Waals surface area contributed by atoms with Crippen LogP contribution in [0.4, 0.5) is 0 Å². The molecule has 1 aromatic heterocycles. The lowest BCUT2D eigenvalue weighted by molar-refractivity contribution is 0.583. The third kappa shape index (κ3) is 4.16. The van der Waals surface area contributed by atoms with Gasteiger partial charge in [-0.2, -0.15) is 0 Å². The summed E-state index contributed by atoms with van der Waals surface area (Å²) in [6.07, 6.45) is 5.36. The topological polar surface area (TPSA) is 76.0 Å². The van der Waals surface area contributed by atoms with Crippen LogP contribution in [-0.2, 0) is 16.6 Å². The Kier molecular flexibility index (Phi) is 4.89. The molecule has 2 aromatic rings. The van der Waals surface area contributed by atoms with E-state index in [1.165, 1.54) is 7.05 Å². The van der Waals surface area contributed by atoms with Gasteiger partial charge in [0.1, 0.15) is 0 Å². The van der Waals surface area contributed by atoms with Crippen LogP contribution in [0.3, 0.4) is 0 Å². The maximum atomic E-state index is 11.2. The van der Waals surface area contributed by atoms with E-state index in [1.807, 2.05) is 35.0 Å². The third-order valence-corrected chi connectivity index (χ3v) is 4.29. The van der Waals surface area contributed by atoms with E-state index in [-0.39, 0.29) is 5.75 Å². The van der Waals surface area contributed by atoms with E-state index in [1.54, 1.807) is 12.5 Å². The zero-order valence-electron chi connectivity index (χ0n) is 11.3. The normalized spacial score (nSPS) is 11.7. The molecule has 0 spiro atoms. The highest BCUT2D eigenvalue weighted by atomic mass is 32.2. The van der Waals surface area contributed by atoms with Gasteiger partial charge in [0, 0.05) is 31.2 Å². The largest absolute Gasteiger partial charge is 0.312 e. The molecular formula is C13H18N4O2S. The third-order valence-electron chi connectivity index (χ3n) is 2.93. The van der Waals surface area contributed by atoms with Crippen molar-refractivity contribution in [2.45, 2.75) is 6.54 Å². The number of sulfonamides is 1. The maximum absolute atomic E-state index is 11.2. The standard InChI is InChI=1S/C13H18N4O2S/c1-14-20(18,19)9-7-15-10-12-2-4-13(5-3-12)17-8-6-16-11-17/h2-6,8,11,14-15H,7,9-10H2,1H3. The van der Waals surface area contributed by atoms with E-state index >= 15 is 0 Å². The maximum Gasteiger partial charge on any atom is 0.212 e. The molecule has 1 aromatic carbocycles. The van der Waals surface area contributed by atoms with Gasteiger partial charge in [-0.05, 0) is 24.7 Å². The van der Waals surface area contributed by atoms with E-state index in [0.717, 1.165) is 11.3 Å². The molecule has 20 heavy (non-hydrogen) atoms. The van der Waals surface area contributed by atoms with Gasteiger partial charge in [0.05, 0.1) is 12.1 Å². The number of nitrogens with one attached hydrogen (secondary N) is 2. The lowest BCUT2D eigenvalue weighted by Crippen LogP contribution is -2.29. The van der Waals surface area contributed by atoms with Gasteiger partial charge in [-0.3, -0.25) is 0 Å². The summed E-state index contributed by atoms with van der Waals surface area (Å²) in [6.45, 7) is 1.07. The molecule has 0 unspecified atom stereocenters. The van der Waals surface area contributed by atoms with Crippen LogP contribution in [0.2, 0.25) is 0 Å². The zero-order valence-corrected chi connectivity index (χ0v) is 12.1. The summed E-state index contributed by atoms with van der Waals surface area (Å²) in [4.78, 5) is 4.00. The molecule has 0 bridgehead atoms. The van der Waals surface area contributed by atoms with Crippen LogP contribution in [-0.4, -0.2) is 37.3 Å². The SMILES string of the molecule is CNS(=O)(=O)CCNCc1ccc(-n2ccnc2)cc1. The van der Waals surface area contributed by atoms with Crippen molar-refractivity contribution >= 4 is 10.0 Å². The second-order valence-corrected chi connectivity index (χ2v) is 6.38. The highest BCUT2D eigenvalue weighted by Gasteiger charge is 2.05. The van der Waals surface area contributed by atoms with Crippen LogP contribution >= 0.6 is 0 Å². The average Bonchev–Trinajstić information content (AvgIpc) is 2.98. The number of rotatable bonds is 7. The van der Waals surface area contributed by atoms with Crippen LogP contribution < -0.4 is 10.0 Å². The van der Waals surface area contributed by atoms with Crippen molar-refractivity contribution in [2.24, 2.45) is 0 Å². The van der Waals surface area contributed by atoms with E-state index in [4.69, 9.17) is 0 Å². The minimum absolute atomic E-state index is 0.0800. The number of aromatic nitrogens is 2. The second kappa shape index (κ2) is 6.65. The summed E-state index contributed by atoms with van der Waals surface area (Å²) in [6, 6.07) is 8.02. The smallest absolute Gasteiger partial charge is 0.212 e. The first-order valence-electron chi connectivity index (χ1n) is 6.30. The molecule has 0 aliphatic rings. The summed E-state index contributed by atoms with van der Waals surface area (Å²) >= 11 is 0. The van der Waals surface area contributed by atoms with Crippen molar-refractivity contribution in [1.29, 1.82) is 0 Å². The molecule has 0 fully saturated rings. The summed E-state index contributed by atoms with van der Waals surface area (Å²) in [5.41, 5.74) is 2.15. The van der Waals surface area contributed by atoms with Crippen LogP contribution in [0.25, 0.3) is 5.69 Å². The van der Waals surface area contributed by atoms with Crippen molar-refractivity contribution in [3.05, 3.63) is 48.5 Å². The lowest BCUT2D eigenvalue weighted by Gasteiger charge is -2.07. The highest BCUT2D eigenvalue weighted by Crippen LogP contribution is 2.08. The lowest BCUT2D eigenvalue weighted by atomic mass is 10.2. The van der Waals surface area contributed by atoms with Crippen molar-refractivity contribution in [3.8, 4) is 5.69 Å². The van der Waals surface area contributed by atoms with Gasteiger partial charge in [0.25, 0.3) is 0 Å². The molecule has 0 aliphatic heterocycles. The summed E-state index contributed by atoms with van der Waals surface area (Å²) in [5.74, 6) is 0.0800. The fourth-order valence-electron chi connectivity index (χ4n) is 1.74. The fraction of sp³-hybridized carbons (Fsp3) is 0.308. The molecule has 1 heterocycles. The second-order valence-electron chi connectivity index (χ2n) is 4.34. The number of nitrogens with zero attached hydrogens (tertiary/aromatic N) is 2. The Balaban J connectivity index is 1.83. The Morgan fingerprint density at radius 1 is 1.25 bits per heavy atom. The summed E-state index contributed by atoms with van der Waals surface area (Å²) in [5, 5.41) is 3.11. The summed E-state index contributed by atoms with van der Waals surface area (Å²) in [7, 11) is -1.71. The first-order chi connectivity index (χ1) is 9.61. The van der Waals surface area contributed by atoms with Crippen molar-refractivity contribution in [1.82, 2.24) is 19.6 Å². The Morgan fingerprint density at radius 2 is 2.00 bits per heavy atom. The van der Waals surface area contributed by atoms with E-state index in [0.29, 0.717) is 13.1 Å². The van der Waals surface area contributed by atoms with Crippen LogP contribution in [0.1, 0.15) is 5.56 Å². The molecule has 2 rings (SSSR count). The number of benzene rings is 1. The van der Waals surface area contributed by atoms with Gasteiger partial charge in [-0.15, -0.1) is 0 Å². The van der Waals surface area contributed by atoms with E-state index < -0.39 is 10.0 Å². The first kappa shape index (κ1) is 14.7. The van der Waals surface area contributed by atoms with Gasteiger partial charge in [-0.1, -0.05) is 12.1 Å². The highest BCUT2D eigenvalue weighted by molar-refractivity contribution is 7.89. The predicted molar refractivity (Wildman–Crippen MR) is 78.1 cm³/mol. The van der Waals surface area contributed by atoms with Crippen molar-refractivity contribution in [2.75, 3.05) is 19.3 Å². The average molecular weight is 294 g/mol. The van der Waals surface area contributed by atoms with Gasteiger partial charge < -0.3 is 9.88 Å². The minimum atomic E-state index is -3.13. The van der Waals surface area contributed by atoms with Crippen LogP contribution in [0.15, 0.2) is 43.0 Å². The molecule has 0 radical (unpaired) electrons. The monoisotopic (exact) mass is 294 g/mol. The van der Waals surface area contributed by atoms with E-state index in [9.17, 15) is 8.42 Å². The number of imidazole rings is 1. The summed E-state index contributed by atoms with van der Waals surface area (Å²) < 4.78 is 26.7. The zero-order chi connectivity index (χ0) is 14.4. The molecule has 6 nitrogen and oxygen atoms in total. The quantitative estimate of drug-likeness (QED) is 0.730. The molecule has 2 N–H and O–H groups in total. The Labute approximate surface area is 118 Å². The molecule has 0 aliphatic carbocycles. The Morgan fingerprint density at radius 3 is 2.60 bits per heavy atom. The van der Waals surface area contributed by atoms with Gasteiger partial charge in [0.15, 0.2) is 0 Å². The van der Waals surface area contributed by atoms with Crippen LogP contribution in [0.5, 0.6) is 0 Å². The first-order valence-corrected chi connectivity index (χ1v) is 7.95. The number of hydrogen-bond acceptors (Lipinski definition) is 4. The molecule has 0 saturated heterocycles. The molecular weight excluding hydrogens is 276 g/mol. The van der Waals surface area contributed by atoms with Gasteiger partial charge >= 0.3 is 0 Å². The fourth-order valence-corrected chi connectivity index (χ4v) is 2.36. The minimum Gasteiger partial charge on any atom is -0.312 e. The molecule has 0 saturated carbocycles. The molecule has 0 amide bonds.